The van der Waals surface area contributed by atoms with Gasteiger partial charge in [-0.2, -0.15) is 0 Å². The van der Waals surface area contributed by atoms with E-state index in [0.717, 1.165) is 24.2 Å². The Labute approximate surface area is 130 Å². The molecule has 1 amide bonds. The zero-order valence-corrected chi connectivity index (χ0v) is 13.4. The summed E-state index contributed by atoms with van der Waals surface area (Å²) < 4.78 is 1.90. The first kappa shape index (κ1) is 14.8. The van der Waals surface area contributed by atoms with Gasteiger partial charge in [-0.3, -0.25) is 4.79 Å². The molecule has 0 bridgehead atoms. The zero-order valence-electron chi connectivity index (χ0n) is 13.4. The van der Waals surface area contributed by atoms with Crippen molar-refractivity contribution in [3.63, 3.8) is 0 Å². The second-order valence-electron chi connectivity index (χ2n) is 6.89. The van der Waals surface area contributed by atoms with Gasteiger partial charge in [0, 0.05) is 24.1 Å². The van der Waals surface area contributed by atoms with Crippen molar-refractivity contribution in [3.05, 3.63) is 36.5 Å². The Morgan fingerprint density at radius 3 is 2.64 bits per heavy atom. The molecule has 22 heavy (non-hydrogen) atoms. The van der Waals surface area contributed by atoms with E-state index in [0.29, 0.717) is 6.54 Å². The van der Waals surface area contributed by atoms with E-state index in [1.807, 2.05) is 66.9 Å². The number of aromatic nitrogens is 3. The van der Waals surface area contributed by atoms with Crippen LogP contribution in [-0.2, 0) is 4.79 Å². The third-order valence-corrected chi connectivity index (χ3v) is 4.05. The third-order valence-electron chi connectivity index (χ3n) is 4.05. The van der Waals surface area contributed by atoms with Gasteiger partial charge in [-0.15, -0.1) is 5.10 Å². The highest BCUT2D eigenvalue weighted by atomic mass is 16.2. The van der Waals surface area contributed by atoms with E-state index in [2.05, 4.69) is 10.3 Å². The molecular formula is C17H22N4O. The molecule has 1 unspecified atom stereocenters. The minimum Gasteiger partial charge on any atom is -0.340 e. The number of carbonyl (C=O) groups excluding carboxylic acids is 1. The number of likely N-dealkylation sites (tertiary alicyclic amines) is 1. The molecule has 1 aromatic heterocycles. The van der Waals surface area contributed by atoms with Gasteiger partial charge in [0.05, 0.1) is 12.2 Å². The summed E-state index contributed by atoms with van der Waals surface area (Å²) in [5.74, 6) is 0.207. The van der Waals surface area contributed by atoms with Crippen LogP contribution in [0.25, 0.3) is 11.3 Å². The number of nitrogens with zero attached hydrogens (tertiary/aromatic N) is 4. The lowest BCUT2D eigenvalue weighted by Gasteiger charge is -2.25. The molecule has 0 spiro atoms. The van der Waals surface area contributed by atoms with Gasteiger partial charge in [0.25, 0.3) is 0 Å². The number of carbonyl (C=O) groups is 1. The van der Waals surface area contributed by atoms with Crippen LogP contribution in [0.4, 0.5) is 0 Å². The van der Waals surface area contributed by atoms with Gasteiger partial charge in [-0.1, -0.05) is 56.3 Å². The summed E-state index contributed by atoms with van der Waals surface area (Å²) in [4.78, 5) is 14.3. The second-order valence-corrected chi connectivity index (χ2v) is 6.89. The molecule has 1 atom stereocenters. The normalized spacial score (nSPS) is 18.7. The average Bonchev–Trinajstić information content (AvgIpc) is 3.15. The van der Waals surface area contributed by atoms with Crippen molar-refractivity contribution in [1.29, 1.82) is 0 Å². The van der Waals surface area contributed by atoms with Crippen LogP contribution in [0.3, 0.4) is 0 Å². The number of hydrogen-bond acceptors (Lipinski definition) is 3. The summed E-state index contributed by atoms with van der Waals surface area (Å²) in [6, 6.07) is 10.2. The highest BCUT2D eigenvalue weighted by Crippen LogP contribution is 2.27. The number of hydrogen-bond donors (Lipinski definition) is 0. The molecule has 0 radical (unpaired) electrons. The van der Waals surface area contributed by atoms with E-state index in [4.69, 9.17) is 0 Å². The Hall–Kier alpha value is -2.17. The Bertz CT molecular complexity index is 657. The predicted molar refractivity (Wildman–Crippen MR) is 85.1 cm³/mol. The SMILES string of the molecule is CC(C)(C)C(=O)N1CCC(n2cc(-c3ccccc3)nn2)C1. The fraction of sp³-hybridized carbons (Fsp3) is 0.471. The predicted octanol–water partition coefficient (Wildman–Crippen LogP) is 2.76. The van der Waals surface area contributed by atoms with Crippen molar-refractivity contribution < 1.29 is 4.79 Å². The molecule has 0 saturated carbocycles. The van der Waals surface area contributed by atoms with Crippen LogP contribution in [0.15, 0.2) is 36.5 Å². The lowest BCUT2D eigenvalue weighted by molar-refractivity contribution is -0.138. The van der Waals surface area contributed by atoms with Crippen molar-refractivity contribution in [2.45, 2.75) is 33.2 Å². The maximum Gasteiger partial charge on any atom is 0.228 e. The first-order chi connectivity index (χ1) is 10.4. The average molecular weight is 298 g/mol. The lowest BCUT2D eigenvalue weighted by Crippen LogP contribution is -2.38. The molecule has 1 aliphatic heterocycles. The fourth-order valence-electron chi connectivity index (χ4n) is 2.81. The Morgan fingerprint density at radius 1 is 1.23 bits per heavy atom. The molecule has 3 rings (SSSR count). The smallest absolute Gasteiger partial charge is 0.228 e. The summed E-state index contributed by atoms with van der Waals surface area (Å²) in [7, 11) is 0. The van der Waals surface area contributed by atoms with E-state index >= 15 is 0 Å². The second kappa shape index (κ2) is 5.55. The number of rotatable bonds is 2. The zero-order chi connectivity index (χ0) is 15.7. The van der Waals surface area contributed by atoms with Gasteiger partial charge < -0.3 is 4.90 Å². The van der Waals surface area contributed by atoms with Gasteiger partial charge in [-0.25, -0.2) is 4.68 Å². The molecule has 5 heteroatoms. The third kappa shape index (κ3) is 2.89. The highest BCUT2D eigenvalue weighted by Gasteiger charge is 2.33. The Kier molecular flexibility index (Phi) is 3.72. The molecular weight excluding hydrogens is 276 g/mol. The molecule has 0 N–H and O–H groups in total. The molecule has 0 aliphatic carbocycles. The van der Waals surface area contributed by atoms with E-state index in [1.54, 1.807) is 0 Å². The van der Waals surface area contributed by atoms with Crippen LogP contribution in [-0.4, -0.2) is 38.9 Å². The monoisotopic (exact) mass is 298 g/mol. The van der Waals surface area contributed by atoms with Crippen molar-refractivity contribution in [2.75, 3.05) is 13.1 Å². The largest absolute Gasteiger partial charge is 0.340 e. The first-order valence-corrected chi connectivity index (χ1v) is 7.72. The van der Waals surface area contributed by atoms with Crippen molar-refractivity contribution in [3.8, 4) is 11.3 Å². The quantitative estimate of drug-likeness (QED) is 0.856. The van der Waals surface area contributed by atoms with Gasteiger partial charge in [-0.05, 0) is 6.42 Å². The highest BCUT2D eigenvalue weighted by molar-refractivity contribution is 5.81. The lowest BCUT2D eigenvalue weighted by atomic mass is 9.95. The molecule has 5 nitrogen and oxygen atoms in total. The maximum absolute atomic E-state index is 12.4. The Morgan fingerprint density at radius 2 is 1.95 bits per heavy atom. The van der Waals surface area contributed by atoms with E-state index in [1.165, 1.54) is 0 Å². The first-order valence-electron chi connectivity index (χ1n) is 7.72. The van der Waals surface area contributed by atoms with Crippen molar-refractivity contribution in [1.82, 2.24) is 19.9 Å². The van der Waals surface area contributed by atoms with E-state index in [-0.39, 0.29) is 17.4 Å². The van der Waals surface area contributed by atoms with Crippen LogP contribution in [0.1, 0.15) is 33.2 Å². The van der Waals surface area contributed by atoms with E-state index in [9.17, 15) is 4.79 Å². The van der Waals surface area contributed by atoms with Crippen molar-refractivity contribution in [2.24, 2.45) is 5.41 Å². The molecule has 2 aromatic rings. The van der Waals surface area contributed by atoms with Gasteiger partial charge in [0.1, 0.15) is 5.69 Å². The molecule has 2 heterocycles. The summed E-state index contributed by atoms with van der Waals surface area (Å²) in [5, 5.41) is 8.52. The molecule has 1 fully saturated rings. The topological polar surface area (TPSA) is 51.0 Å². The van der Waals surface area contributed by atoms with Gasteiger partial charge in [0.2, 0.25) is 5.91 Å². The van der Waals surface area contributed by atoms with Crippen LogP contribution >= 0.6 is 0 Å². The van der Waals surface area contributed by atoms with Gasteiger partial charge in [0.15, 0.2) is 0 Å². The van der Waals surface area contributed by atoms with Crippen molar-refractivity contribution >= 4 is 5.91 Å². The maximum atomic E-state index is 12.4. The van der Waals surface area contributed by atoms with Crippen LogP contribution < -0.4 is 0 Å². The van der Waals surface area contributed by atoms with Crippen LogP contribution in [0.5, 0.6) is 0 Å². The minimum absolute atomic E-state index is 0.207. The van der Waals surface area contributed by atoms with E-state index < -0.39 is 0 Å². The molecule has 1 aliphatic rings. The fourth-order valence-corrected chi connectivity index (χ4v) is 2.81. The van der Waals surface area contributed by atoms with Gasteiger partial charge >= 0.3 is 0 Å². The Balaban J connectivity index is 1.72. The summed E-state index contributed by atoms with van der Waals surface area (Å²) >= 11 is 0. The summed E-state index contributed by atoms with van der Waals surface area (Å²) in [5.41, 5.74) is 1.61. The standard InChI is InChI=1S/C17H22N4O/c1-17(2,3)16(22)20-10-9-14(11-20)21-12-15(18-19-21)13-7-5-4-6-8-13/h4-8,12,14H,9-11H2,1-3H3. The molecule has 1 aromatic carbocycles. The number of benzene rings is 1. The van der Waals surface area contributed by atoms with Crippen LogP contribution in [0.2, 0.25) is 0 Å². The summed E-state index contributed by atoms with van der Waals surface area (Å²) in [6.45, 7) is 7.40. The molecule has 116 valence electrons. The molecule has 1 saturated heterocycles. The van der Waals surface area contributed by atoms with Crippen LogP contribution in [0, 0.1) is 5.41 Å². The summed E-state index contributed by atoms with van der Waals surface area (Å²) in [6.07, 6.45) is 2.91. The number of amides is 1. The minimum atomic E-state index is -0.327.